The molecule has 2 aromatic carbocycles. The smallest absolute Gasteiger partial charge is 0.277 e. The van der Waals surface area contributed by atoms with Crippen LogP contribution in [0.3, 0.4) is 0 Å². The molecular formula is C22H28N2O4. The number of ether oxygens (including phenoxy) is 3. The quantitative estimate of drug-likeness (QED) is 0.521. The highest BCUT2D eigenvalue weighted by Gasteiger charge is 2.07. The molecular weight excluding hydrogens is 356 g/mol. The number of rotatable bonds is 9. The molecule has 150 valence electrons. The van der Waals surface area contributed by atoms with Gasteiger partial charge < -0.3 is 14.2 Å². The minimum Gasteiger partial charge on any atom is -0.493 e. The van der Waals surface area contributed by atoms with Crippen molar-refractivity contribution in [3.63, 3.8) is 0 Å². The Morgan fingerprint density at radius 1 is 1.11 bits per heavy atom. The van der Waals surface area contributed by atoms with E-state index in [1.54, 1.807) is 19.4 Å². The molecule has 0 heterocycles. The number of hydrogen-bond donors (Lipinski definition) is 1. The first-order chi connectivity index (χ1) is 13.4. The highest BCUT2D eigenvalue weighted by atomic mass is 16.5. The largest absolute Gasteiger partial charge is 0.493 e. The monoisotopic (exact) mass is 384 g/mol. The van der Waals surface area contributed by atoms with Crippen molar-refractivity contribution in [3.8, 4) is 17.2 Å². The van der Waals surface area contributed by atoms with Crippen LogP contribution in [0.25, 0.3) is 0 Å². The Morgan fingerprint density at radius 2 is 1.89 bits per heavy atom. The van der Waals surface area contributed by atoms with Crippen LogP contribution in [0.15, 0.2) is 47.6 Å². The fourth-order valence-electron chi connectivity index (χ4n) is 2.44. The molecule has 0 aromatic heterocycles. The van der Waals surface area contributed by atoms with E-state index in [1.807, 2.05) is 50.2 Å². The summed E-state index contributed by atoms with van der Waals surface area (Å²) in [7, 11) is 1.58. The number of nitrogens with zero attached hydrogens (tertiary/aromatic N) is 1. The van der Waals surface area contributed by atoms with Gasteiger partial charge in [0.15, 0.2) is 18.1 Å². The lowest BCUT2D eigenvalue weighted by Gasteiger charge is -2.13. The van der Waals surface area contributed by atoms with Crippen LogP contribution in [0.2, 0.25) is 0 Å². The molecule has 0 saturated carbocycles. The standard InChI is InChI=1S/C22H28N2O4/c1-15(2)18-7-6-8-19(12-18)27-14-22(25)24-23-13-17-9-10-20(28-16(3)4)21(11-17)26-5/h6-13,15-16H,14H2,1-5H3,(H,24,25)/b23-13+. The Morgan fingerprint density at radius 3 is 2.57 bits per heavy atom. The number of hydrogen-bond acceptors (Lipinski definition) is 5. The van der Waals surface area contributed by atoms with E-state index in [1.165, 1.54) is 0 Å². The van der Waals surface area contributed by atoms with E-state index in [9.17, 15) is 4.79 Å². The van der Waals surface area contributed by atoms with Crippen molar-refractivity contribution in [2.24, 2.45) is 5.10 Å². The summed E-state index contributed by atoms with van der Waals surface area (Å²) in [5.41, 5.74) is 4.40. The van der Waals surface area contributed by atoms with Crippen molar-refractivity contribution in [2.75, 3.05) is 13.7 Å². The van der Waals surface area contributed by atoms with E-state index >= 15 is 0 Å². The normalized spacial score (nSPS) is 11.1. The summed E-state index contributed by atoms with van der Waals surface area (Å²) >= 11 is 0. The Balaban J connectivity index is 1.88. The van der Waals surface area contributed by atoms with E-state index in [4.69, 9.17) is 14.2 Å². The summed E-state index contributed by atoms with van der Waals surface area (Å²) in [6, 6.07) is 13.2. The molecule has 0 spiro atoms. The number of hydrazone groups is 1. The highest BCUT2D eigenvalue weighted by molar-refractivity contribution is 5.83. The lowest BCUT2D eigenvalue weighted by atomic mass is 10.0. The van der Waals surface area contributed by atoms with Crippen LogP contribution in [0.5, 0.6) is 17.2 Å². The Bertz CT molecular complexity index is 816. The van der Waals surface area contributed by atoms with E-state index in [2.05, 4.69) is 24.4 Å². The first-order valence-corrected chi connectivity index (χ1v) is 9.28. The van der Waals surface area contributed by atoms with Crippen molar-refractivity contribution in [1.82, 2.24) is 5.43 Å². The molecule has 0 radical (unpaired) electrons. The van der Waals surface area contributed by atoms with Gasteiger partial charge in [0.25, 0.3) is 5.91 Å². The molecule has 0 atom stereocenters. The van der Waals surface area contributed by atoms with Crippen molar-refractivity contribution >= 4 is 12.1 Å². The number of carbonyl (C=O) groups is 1. The van der Waals surface area contributed by atoms with Gasteiger partial charge in [-0.15, -0.1) is 0 Å². The summed E-state index contributed by atoms with van der Waals surface area (Å²) < 4.78 is 16.5. The summed E-state index contributed by atoms with van der Waals surface area (Å²) in [5.74, 6) is 2.00. The van der Waals surface area contributed by atoms with Crippen molar-refractivity contribution in [2.45, 2.75) is 39.7 Å². The predicted octanol–water partition coefficient (Wildman–Crippen LogP) is 4.13. The Kier molecular flexibility index (Phi) is 7.87. The van der Waals surface area contributed by atoms with Crippen LogP contribution >= 0.6 is 0 Å². The summed E-state index contributed by atoms with van der Waals surface area (Å²) in [4.78, 5) is 11.9. The lowest BCUT2D eigenvalue weighted by molar-refractivity contribution is -0.123. The SMILES string of the molecule is COc1cc(/C=N/NC(=O)COc2cccc(C(C)C)c2)ccc1OC(C)C. The third-order valence-electron chi connectivity index (χ3n) is 3.85. The average Bonchev–Trinajstić information content (AvgIpc) is 2.67. The van der Waals surface area contributed by atoms with Gasteiger partial charge in [0.2, 0.25) is 0 Å². The zero-order chi connectivity index (χ0) is 20.5. The van der Waals surface area contributed by atoms with Crippen LogP contribution in [0.1, 0.15) is 44.7 Å². The Labute approximate surface area is 166 Å². The molecule has 0 saturated heterocycles. The van der Waals surface area contributed by atoms with Gasteiger partial charge in [-0.25, -0.2) is 5.43 Å². The summed E-state index contributed by atoms with van der Waals surface area (Å²) in [6.45, 7) is 8.01. The number of carbonyl (C=O) groups excluding carboxylic acids is 1. The van der Waals surface area contributed by atoms with Crippen LogP contribution in [0, 0.1) is 0 Å². The van der Waals surface area contributed by atoms with Crippen molar-refractivity contribution in [1.29, 1.82) is 0 Å². The van der Waals surface area contributed by atoms with Crippen LogP contribution in [0.4, 0.5) is 0 Å². The number of nitrogens with one attached hydrogen (secondary N) is 1. The fraction of sp³-hybridized carbons (Fsp3) is 0.364. The Hall–Kier alpha value is -3.02. The number of benzene rings is 2. The molecule has 28 heavy (non-hydrogen) atoms. The van der Waals surface area contributed by atoms with E-state index in [0.717, 1.165) is 11.1 Å². The zero-order valence-corrected chi connectivity index (χ0v) is 17.1. The minimum absolute atomic E-state index is 0.0499. The molecule has 0 unspecified atom stereocenters. The highest BCUT2D eigenvalue weighted by Crippen LogP contribution is 2.28. The average molecular weight is 384 g/mol. The second-order valence-electron chi connectivity index (χ2n) is 6.89. The molecule has 1 amide bonds. The van der Waals surface area contributed by atoms with Gasteiger partial charge in [0.1, 0.15) is 5.75 Å². The lowest BCUT2D eigenvalue weighted by Crippen LogP contribution is -2.24. The van der Waals surface area contributed by atoms with Gasteiger partial charge in [-0.3, -0.25) is 4.79 Å². The van der Waals surface area contributed by atoms with Crippen molar-refractivity contribution in [3.05, 3.63) is 53.6 Å². The molecule has 1 N–H and O–H groups in total. The molecule has 0 aliphatic rings. The summed E-state index contributed by atoms with van der Waals surface area (Å²) in [6.07, 6.45) is 1.59. The molecule has 2 aromatic rings. The second kappa shape index (κ2) is 10.3. The van der Waals surface area contributed by atoms with Gasteiger partial charge in [-0.1, -0.05) is 26.0 Å². The number of methoxy groups -OCH3 is 1. The molecule has 0 aliphatic carbocycles. The predicted molar refractivity (Wildman–Crippen MR) is 111 cm³/mol. The molecule has 2 rings (SSSR count). The van der Waals surface area contributed by atoms with Gasteiger partial charge in [0, 0.05) is 0 Å². The summed E-state index contributed by atoms with van der Waals surface area (Å²) in [5, 5.41) is 3.96. The third-order valence-corrected chi connectivity index (χ3v) is 3.85. The number of amides is 1. The molecule has 6 heteroatoms. The molecule has 6 nitrogen and oxygen atoms in total. The maximum atomic E-state index is 11.9. The van der Waals surface area contributed by atoms with Crippen LogP contribution < -0.4 is 19.6 Å². The van der Waals surface area contributed by atoms with E-state index in [0.29, 0.717) is 23.2 Å². The topological polar surface area (TPSA) is 69.2 Å². The van der Waals surface area contributed by atoms with Crippen molar-refractivity contribution < 1.29 is 19.0 Å². The first kappa shape index (κ1) is 21.3. The first-order valence-electron chi connectivity index (χ1n) is 9.28. The van der Waals surface area contributed by atoms with E-state index < -0.39 is 0 Å². The maximum Gasteiger partial charge on any atom is 0.277 e. The molecule has 0 bridgehead atoms. The van der Waals surface area contributed by atoms with Crippen LogP contribution in [-0.2, 0) is 4.79 Å². The van der Waals surface area contributed by atoms with Gasteiger partial charge in [-0.05, 0) is 61.2 Å². The fourth-order valence-corrected chi connectivity index (χ4v) is 2.44. The van der Waals surface area contributed by atoms with E-state index in [-0.39, 0.29) is 18.6 Å². The third kappa shape index (κ3) is 6.61. The van der Waals surface area contributed by atoms with Crippen LogP contribution in [-0.4, -0.2) is 31.9 Å². The van der Waals surface area contributed by atoms with Gasteiger partial charge in [0.05, 0.1) is 19.4 Å². The minimum atomic E-state index is -0.335. The maximum absolute atomic E-state index is 11.9. The van der Waals surface area contributed by atoms with Gasteiger partial charge in [-0.2, -0.15) is 5.10 Å². The van der Waals surface area contributed by atoms with Gasteiger partial charge >= 0.3 is 0 Å². The zero-order valence-electron chi connectivity index (χ0n) is 17.1. The molecule has 0 aliphatic heterocycles. The second-order valence-corrected chi connectivity index (χ2v) is 6.89. The molecule has 0 fully saturated rings.